The second kappa shape index (κ2) is 10.6. The fourth-order valence-corrected chi connectivity index (χ4v) is 4.73. The van der Waals surface area contributed by atoms with Crippen LogP contribution in [0.5, 0.6) is 11.5 Å². The highest BCUT2D eigenvalue weighted by Crippen LogP contribution is 2.60. The van der Waals surface area contributed by atoms with E-state index in [2.05, 4.69) is 39.6 Å². The highest BCUT2D eigenvalue weighted by molar-refractivity contribution is 5.87. The van der Waals surface area contributed by atoms with Crippen molar-refractivity contribution in [2.45, 2.75) is 44.1 Å². The predicted molar refractivity (Wildman–Crippen MR) is 133 cm³/mol. The summed E-state index contributed by atoms with van der Waals surface area (Å²) in [7, 11) is 3.36. The largest absolute Gasteiger partial charge is 0.497 e. The summed E-state index contributed by atoms with van der Waals surface area (Å²) in [6.07, 6.45) is 11.0. The standard InChI is InChI=1S/C28H33N3O3/c1-20(7-4-12-26-29-15-16-30-26)31-27(32)14-13-23-19-28(23,21-8-5-10-24(17-21)33-2)22-9-6-11-25(18-22)34-3/h5-6,8-11,13-18,20,23H,4,7,12,19H2,1-3H3,(H,29,30)(H,31,32)/t20-,23-/m0/s1. The molecule has 34 heavy (non-hydrogen) atoms. The molecule has 1 aliphatic carbocycles. The number of aryl methyl sites for hydroxylation is 1. The van der Waals surface area contributed by atoms with Gasteiger partial charge in [0.25, 0.3) is 0 Å². The van der Waals surface area contributed by atoms with E-state index in [-0.39, 0.29) is 23.3 Å². The molecule has 0 bridgehead atoms. The number of methoxy groups -OCH3 is 2. The van der Waals surface area contributed by atoms with Crippen molar-refractivity contribution >= 4 is 5.91 Å². The third-order valence-corrected chi connectivity index (χ3v) is 6.66. The van der Waals surface area contributed by atoms with E-state index in [0.717, 1.165) is 43.0 Å². The van der Waals surface area contributed by atoms with Gasteiger partial charge in [-0.3, -0.25) is 4.79 Å². The molecule has 1 aromatic heterocycles. The first-order valence-corrected chi connectivity index (χ1v) is 11.8. The molecule has 1 saturated carbocycles. The number of aromatic amines is 1. The van der Waals surface area contributed by atoms with Gasteiger partial charge in [0.1, 0.15) is 17.3 Å². The predicted octanol–water partition coefficient (Wildman–Crippen LogP) is 4.82. The fraction of sp³-hybridized carbons (Fsp3) is 0.357. The quantitative estimate of drug-likeness (QED) is 0.403. The molecule has 1 heterocycles. The first-order chi connectivity index (χ1) is 16.5. The van der Waals surface area contributed by atoms with Crippen molar-refractivity contribution in [3.8, 4) is 11.5 Å². The summed E-state index contributed by atoms with van der Waals surface area (Å²) in [6, 6.07) is 16.5. The Bertz CT molecular complexity index is 1080. The van der Waals surface area contributed by atoms with Crippen LogP contribution in [0.1, 0.15) is 43.1 Å². The highest BCUT2D eigenvalue weighted by atomic mass is 16.5. The minimum Gasteiger partial charge on any atom is -0.497 e. The molecule has 0 aliphatic heterocycles. The lowest BCUT2D eigenvalue weighted by molar-refractivity contribution is -0.117. The number of benzene rings is 2. The van der Waals surface area contributed by atoms with E-state index < -0.39 is 0 Å². The van der Waals surface area contributed by atoms with E-state index in [1.54, 1.807) is 26.5 Å². The minimum atomic E-state index is -0.200. The number of rotatable bonds is 11. The summed E-state index contributed by atoms with van der Waals surface area (Å²) in [5.74, 6) is 2.80. The van der Waals surface area contributed by atoms with Gasteiger partial charge < -0.3 is 19.8 Å². The van der Waals surface area contributed by atoms with Crippen LogP contribution >= 0.6 is 0 Å². The van der Waals surface area contributed by atoms with Gasteiger partial charge >= 0.3 is 0 Å². The van der Waals surface area contributed by atoms with Gasteiger partial charge in [0.2, 0.25) is 5.91 Å². The lowest BCUT2D eigenvalue weighted by Gasteiger charge is -2.20. The molecule has 6 heteroatoms. The normalized spacial score (nSPS) is 17.3. The molecule has 1 fully saturated rings. The molecule has 0 spiro atoms. The summed E-state index contributed by atoms with van der Waals surface area (Å²) in [6.45, 7) is 2.04. The van der Waals surface area contributed by atoms with Crippen molar-refractivity contribution in [3.63, 3.8) is 0 Å². The molecule has 2 N–H and O–H groups in total. The Morgan fingerprint density at radius 3 is 2.44 bits per heavy atom. The first kappa shape index (κ1) is 23.6. The van der Waals surface area contributed by atoms with Crippen LogP contribution < -0.4 is 14.8 Å². The molecule has 4 rings (SSSR count). The zero-order valence-electron chi connectivity index (χ0n) is 20.1. The van der Waals surface area contributed by atoms with Crippen LogP contribution in [-0.4, -0.2) is 36.1 Å². The van der Waals surface area contributed by atoms with Gasteiger partial charge in [-0.1, -0.05) is 30.3 Å². The van der Waals surface area contributed by atoms with Gasteiger partial charge in [-0.2, -0.15) is 0 Å². The zero-order chi connectivity index (χ0) is 24.0. The Balaban J connectivity index is 1.43. The van der Waals surface area contributed by atoms with Crippen molar-refractivity contribution < 1.29 is 14.3 Å². The number of nitrogens with zero attached hydrogens (tertiary/aromatic N) is 1. The molecule has 0 saturated heterocycles. The lowest BCUT2D eigenvalue weighted by Crippen LogP contribution is -2.31. The molecule has 0 unspecified atom stereocenters. The van der Waals surface area contributed by atoms with Gasteiger partial charge in [0.15, 0.2) is 0 Å². The SMILES string of the molecule is COc1cccc(C2(c3cccc(OC)c3)C[C@@H]2C=CC(=O)N[C@@H](C)CCCc2ncc[nH]2)c1. The fourth-order valence-electron chi connectivity index (χ4n) is 4.73. The number of hydrogen-bond acceptors (Lipinski definition) is 4. The lowest BCUT2D eigenvalue weighted by atomic mass is 9.85. The van der Waals surface area contributed by atoms with E-state index >= 15 is 0 Å². The number of amides is 1. The average molecular weight is 460 g/mol. The van der Waals surface area contributed by atoms with Gasteiger partial charge in [-0.15, -0.1) is 0 Å². The van der Waals surface area contributed by atoms with E-state index in [4.69, 9.17) is 9.47 Å². The van der Waals surface area contributed by atoms with Crippen LogP contribution in [0.2, 0.25) is 0 Å². The third-order valence-electron chi connectivity index (χ3n) is 6.66. The first-order valence-electron chi connectivity index (χ1n) is 11.8. The van der Waals surface area contributed by atoms with E-state index in [0.29, 0.717) is 0 Å². The molecule has 2 atom stereocenters. The topological polar surface area (TPSA) is 76.2 Å². The smallest absolute Gasteiger partial charge is 0.243 e. The van der Waals surface area contributed by atoms with Gasteiger partial charge in [-0.05, 0) is 73.6 Å². The Morgan fingerprint density at radius 2 is 1.85 bits per heavy atom. The molecule has 1 amide bonds. The maximum atomic E-state index is 12.6. The van der Waals surface area contributed by atoms with Crippen LogP contribution in [-0.2, 0) is 16.6 Å². The van der Waals surface area contributed by atoms with Crippen molar-refractivity contribution in [2.75, 3.05) is 14.2 Å². The van der Waals surface area contributed by atoms with E-state index in [1.165, 1.54) is 11.1 Å². The number of ether oxygens (including phenoxy) is 2. The third kappa shape index (κ3) is 5.33. The van der Waals surface area contributed by atoms with Gasteiger partial charge in [-0.25, -0.2) is 4.98 Å². The number of nitrogens with one attached hydrogen (secondary N) is 2. The van der Waals surface area contributed by atoms with Crippen molar-refractivity contribution in [1.29, 1.82) is 0 Å². The molecule has 3 aromatic rings. The maximum Gasteiger partial charge on any atom is 0.243 e. The number of H-pyrrole nitrogens is 1. The summed E-state index contributed by atoms with van der Waals surface area (Å²) in [4.78, 5) is 20.0. The number of allylic oxidation sites excluding steroid dienone is 1. The molecule has 1 aliphatic rings. The second-order valence-electron chi connectivity index (χ2n) is 8.94. The molecule has 0 radical (unpaired) electrons. The number of imidazole rings is 1. The highest BCUT2D eigenvalue weighted by Gasteiger charge is 2.55. The summed E-state index contributed by atoms with van der Waals surface area (Å²) < 4.78 is 11.0. The van der Waals surface area contributed by atoms with Crippen LogP contribution in [0.4, 0.5) is 0 Å². The Morgan fingerprint density at radius 1 is 1.18 bits per heavy atom. The average Bonchev–Trinajstić information content (AvgIpc) is 3.38. The molecular weight excluding hydrogens is 426 g/mol. The van der Waals surface area contributed by atoms with Crippen LogP contribution in [0.15, 0.2) is 73.1 Å². The second-order valence-corrected chi connectivity index (χ2v) is 8.94. The molecule has 178 valence electrons. The monoisotopic (exact) mass is 459 g/mol. The molecule has 6 nitrogen and oxygen atoms in total. The van der Waals surface area contributed by atoms with Crippen LogP contribution in [0.3, 0.4) is 0 Å². The molecular formula is C28H33N3O3. The maximum absolute atomic E-state index is 12.6. The van der Waals surface area contributed by atoms with Crippen LogP contribution in [0, 0.1) is 5.92 Å². The van der Waals surface area contributed by atoms with Crippen molar-refractivity contribution in [2.24, 2.45) is 5.92 Å². The Hall–Kier alpha value is -3.54. The minimum absolute atomic E-state index is 0.0532. The number of carbonyl (C=O) groups excluding carboxylic acids is 1. The summed E-state index contributed by atoms with van der Waals surface area (Å²) >= 11 is 0. The Kier molecular flexibility index (Phi) is 7.36. The molecule has 2 aromatic carbocycles. The van der Waals surface area contributed by atoms with E-state index in [1.807, 2.05) is 43.5 Å². The van der Waals surface area contributed by atoms with E-state index in [9.17, 15) is 4.79 Å². The van der Waals surface area contributed by atoms with Gasteiger partial charge in [0.05, 0.1) is 14.2 Å². The van der Waals surface area contributed by atoms with Crippen molar-refractivity contribution in [1.82, 2.24) is 15.3 Å². The number of hydrogen-bond donors (Lipinski definition) is 2. The van der Waals surface area contributed by atoms with Crippen LogP contribution in [0.25, 0.3) is 0 Å². The number of aromatic nitrogens is 2. The summed E-state index contributed by atoms with van der Waals surface area (Å²) in [5, 5.41) is 3.09. The number of carbonyl (C=O) groups is 1. The van der Waals surface area contributed by atoms with Crippen molar-refractivity contribution in [3.05, 3.63) is 90.0 Å². The summed E-state index contributed by atoms with van der Waals surface area (Å²) in [5.41, 5.74) is 2.16. The van der Waals surface area contributed by atoms with Gasteiger partial charge in [0, 0.05) is 30.3 Å². The zero-order valence-corrected chi connectivity index (χ0v) is 20.1. The Labute approximate surface area is 201 Å².